The van der Waals surface area contributed by atoms with Gasteiger partial charge in [0.05, 0.1) is 0 Å². The highest BCUT2D eigenvalue weighted by Gasteiger charge is 2.22. The second-order valence-electron chi connectivity index (χ2n) is 8.21. The molecule has 0 aliphatic heterocycles. The normalized spacial score (nSPS) is 21.8. The first kappa shape index (κ1) is 20.5. The lowest BCUT2D eigenvalue weighted by Crippen LogP contribution is -2.41. The predicted octanol–water partition coefficient (Wildman–Crippen LogP) is 2.75. The summed E-state index contributed by atoms with van der Waals surface area (Å²) >= 11 is 0. The quantitative estimate of drug-likeness (QED) is 0.597. The minimum atomic E-state index is -0.855. The summed E-state index contributed by atoms with van der Waals surface area (Å²) in [6, 6.07) is 9.60. The van der Waals surface area contributed by atoms with E-state index in [0.29, 0.717) is 18.6 Å². The van der Waals surface area contributed by atoms with Crippen molar-refractivity contribution in [3.05, 3.63) is 29.8 Å². The molecule has 1 saturated carbocycles. The highest BCUT2D eigenvalue weighted by molar-refractivity contribution is 5.64. The van der Waals surface area contributed by atoms with Crippen LogP contribution in [0.15, 0.2) is 24.3 Å². The number of carbonyl (C=O) groups is 1. The molecule has 1 amide bonds. The fourth-order valence-electron chi connectivity index (χ4n) is 3.28. The van der Waals surface area contributed by atoms with E-state index in [1.165, 1.54) is 11.3 Å². The maximum Gasteiger partial charge on any atom is 0.404 e. The molecule has 0 bridgehead atoms. The minimum Gasteiger partial charge on any atom is -0.447 e. The number of carbonyl (C=O) groups excluding carboxylic acids is 1. The van der Waals surface area contributed by atoms with Crippen LogP contribution in [0.1, 0.15) is 52.0 Å². The van der Waals surface area contributed by atoms with Crippen LogP contribution < -0.4 is 16.4 Å². The molecule has 2 rings (SSSR count). The topological polar surface area (TPSA) is 96.6 Å². The van der Waals surface area contributed by atoms with Crippen LogP contribution in [-0.2, 0) is 10.2 Å². The van der Waals surface area contributed by atoms with Crippen LogP contribution in [0, 0.1) is 0 Å². The van der Waals surface area contributed by atoms with Gasteiger partial charge in [0, 0.05) is 24.3 Å². The van der Waals surface area contributed by atoms with Crippen molar-refractivity contribution >= 4 is 11.8 Å². The molecule has 1 fully saturated rings. The highest BCUT2D eigenvalue weighted by atomic mass is 16.6. The summed E-state index contributed by atoms with van der Waals surface area (Å²) in [5.41, 5.74) is 7.58. The number of rotatable bonds is 7. The molecule has 1 aliphatic rings. The number of primary amides is 1. The maximum absolute atomic E-state index is 10.5. The molecule has 6 heteroatoms. The van der Waals surface area contributed by atoms with Gasteiger partial charge in [-0.25, -0.2) is 4.79 Å². The molecule has 0 heterocycles. The summed E-state index contributed by atoms with van der Waals surface area (Å²) in [4.78, 5) is 10.5. The van der Waals surface area contributed by atoms with Gasteiger partial charge >= 0.3 is 6.09 Å². The predicted molar refractivity (Wildman–Crippen MR) is 104 cm³/mol. The van der Waals surface area contributed by atoms with E-state index in [4.69, 9.17) is 5.73 Å². The van der Waals surface area contributed by atoms with Gasteiger partial charge in [-0.05, 0) is 48.8 Å². The molecule has 1 atom stereocenters. The van der Waals surface area contributed by atoms with E-state index in [0.717, 1.165) is 25.7 Å². The Hall–Kier alpha value is -1.79. The zero-order valence-electron chi connectivity index (χ0n) is 16.1. The van der Waals surface area contributed by atoms with E-state index < -0.39 is 12.2 Å². The second kappa shape index (κ2) is 9.24. The summed E-state index contributed by atoms with van der Waals surface area (Å²) < 4.78 is 4.60. The lowest BCUT2D eigenvalue weighted by atomic mass is 9.87. The number of benzene rings is 1. The molecule has 0 aromatic heterocycles. The zero-order chi connectivity index (χ0) is 19.2. The third-order valence-corrected chi connectivity index (χ3v) is 4.91. The van der Waals surface area contributed by atoms with Crippen molar-refractivity contribution in [2.24, 2.45) is 5.73 Å². The largest absolute Gasteiger partial charge is 0.447 e. The van der Waals surface area contributed by atoms with Gasteiger partial charge in [-0.2, -0.15) is 0 Å². The Morgan fingerprint density at radius 3 is 2.31 bits per heavy atom. The smallest absolute Gasteiger partial charge is 0.404 e. The number of anilines is 1. The summed E-state index contributed by atoms with van der Waals surface area (Å²) in [5.74, 6) is 0. The van der Waals surface area contributed by atoms with Crippen molar-refractivity contribution in [3.63, 3.8) is 0 Å². The van der Waals surface area contributed by atoms with Crippen LogP contribution in [0.5, 0.6) is 0 Å². The van der Waals surface area contributed by atoms with Gasteiger partial charge in [-0.1, -0.05) is 32.9 Å². The van der Waals surface area contributed by atoms with Gasteiger partial charge < -0.3 is 26.2 Å². The van der Waals surface area contributed by atoms with Crippen molar-refractivity contribution in [1.82, 2.24) is 5.32 Å². The molecule has 1 unspecified atom stereocenters. The summed E-state index contributed by atoms with van der Waals surface area (Å²) in [6.07, 6.45) is 2.72. The summed E-state index contributed by atoms with van der Waals surface area (Å²) in [7, 11) is 0. The molecule has 0 radical (unpaired) electrons. The second-order valence-corrected chi connectivity index (χ2v) is 8.21. The Morgan fingerprint density at radius 2 is 1.77 bits per heavy atom. The van der Waals surface area contributed by atoms with Crippen LogP contribution in [0.3, 0.4) is 0 Å². The van der Waals surface area contributed by atoms with E-state index in [9.17, 15) is 9.90 Å². The molecule has 0 spiro atoms. The summed E-state index contributed by atoms with van der Waals surface area (Å²) in [5, 5.41) is 16.7. The van der Waals surface area contributed by atoms with Crippen molar-refractivity contribution in [2.75, 3.05) is 18.5 Å². The molecular formula is C20H33N3O3. The Labute approximate surface area is 156 Å². The minimum absolute atomic E-state index is 0.0657. The van der Waals surface area contributed by atoms with Gasteiger partial charge in [0.2, 0.25) is 0 Å². The Bertz CT molecular complexity index is 561. The van der Waals surface area contributed by atoms with Crippen molar-refractivity contribution in [1.29, 1.82) is 0 Å². The van der Waals surface area contributed by atoms with Gasteiger partial charge in [-0.3, -0.25) is 0 Å². The molecule has 1 aromatic rings. The van der Waals surface area contributed by atoms with Gasteiger partial charge in [-0.15, -0.1) is 0 Å². The monoisotopic (exact) mass is 363 g/mol. The van der Waals surface area contributed by atoms with E-state index in [1.807, 2.05) is 0 Å². The average molecular weight is 364 g/mol. The molecule has 26 heavy (non-hydrogen) atoms. The Morgan fingerprint density at radius 1 is 1.19 bits per heavy atom. The van der Waals surface area contributed by atoms with Crippen molar-refractivity contribution in [2.45, 2.75) is 70.1 Å². The van der Waals surface area contributed by atoms with E-state index >= 15 is 0 Å². The average Bonchev–Trinajstić information content (AvgIpc) is 2.59. The Kier molecular flexibility index (Phi) is 7.29. The maximum atomic E-state index is 10.5. The lowest BCUT2D eigenvalue weighted by molar-refractivity contribution is 0.0700. The summed E-state index contributed by atoms with van der Waals surface area (Å²) in [6.45, 7) is 7.01. The first-order valence-electron chi connectivity index (χ1n) is 9.45. The number of hydrogen-bond donors (Lipinski definition) is 4. The molecule has 1 aromatic carbocycles. The van der Waals surface area contributed by atoms with Crippen LogP contribution in [-0.4, -0.2) is 42.5 Å². The van der Waals surface area contributed by atoms with Crippen LogP contribution in [0.2, 0.25) is 0 Å². The van der Waals surface area contributed by atoms with Gasteiger partial charge in [0.1, 0.15) is 12.7 Å². The van der Waals surface area contributed by atoms with E-state index in [1.54, 1.807) is 0 Å². The number of aliphatic hydroxyl groups excluding tert-OH is 1. The fraction of sp³-hybridized carbons (Fsp3) is 0.650. The number of aliphatic hydroxyl groups is 1. The molecule has 1 aliphatic carbocycles. The van der Waals surface area contributed by atoms with Gasteiger partial charge in [0.15, 0.2) is 0 Å². The van der Waals surface area contributed by atoms with Crippen LogP contribution >= 0.6 is 0 Å². The van der Waals surface area contributed by atoms with Gasteiger partial charge in [0.25, 0.3) is 0 Å². The van der Waals surface area contributed by atoms with Crippen LogP contribution in [0.25, 0.3) is 0 Å². The zero-order valence-corrected chi connectivity index (χ0v) is 16.1. The molecule has 146 valence electrons. The number of amides is 1. The molecule has 0 saturated heterocycles. The molecule has 5 N–H and O–H groups in total. The fourth-order valence-corrected chi connectivity index (χ4v) is 3.28. The lowest BCUT2D eigenvalue weighted by Gasteiger charge is -2.31. The van der Waals surface area contributed by atoms with Crippen molar-refractivity contribution in [3.8, 4) is 0 Å². The number of ether oxygens (including phenoxy) is 1. The number of hydrogen-bond acceptors (Lipinski definition) is 5. The van der Waals surface area contributed by atoms with Crippen molar-refractivity contribution < 1.29 is 14.6 Å². The van der Waals surface area contributed by atoms with E-state index in [2.05, 4.69) is 60.4 Å². The molecular weight excluding hydrogens is 330 g/mol. The molecule has 6 nitrogen and oxygen atoms in total. The SMILES string of the molecule is CC(C)(C)c1ccc(NC2CCC(NCC(O)COC(N)=O)CC2)cc1. The number of nitrogens with two attached hydrogens (primary N) is 1. The third kappa shape index (κ3) is 6.84. The van der Waals surface area contributed by atoms with E-state index in [-0.39, 0.29) is 12.0 Å². The first-order chi connectivity index (χ1) is 12.2. The first-order valence-corrected chi connectivity index (χ1v) is 9.45. The highest BCUT2D eigenvalue weighted by Crippen LogP contribution is 2.26. The van der Waals surface area contributed by atoms with Crippen LogP contribution in [0.4, 0.5) is 10.5 Å². The third-order valence-electron chi connectivity index (χ3n) is 4.91. The number of nitrogens with one attached hydrogen (secondary N) is 2. The standard InChI is InChI=1S/C20H33N3O3/c1-20(2,3)14-4-6-16(7-5-14)23-17-10-8-15(9-11-17)22-12-18(24)13-26-19(21)25/h4-7,15,17-18,22-24H,8-13H2,1-3H3,(H2,21,25). The Balaban J connectivity index is 1.69.